The Morgan fingerprint density at radius 2 is 1.54 bits per heavy atom. The fraction of sp³-hybridized carbons (Fsp3) is 0.389. The molecule has 1 aromatic carbocycles. The average molecular weight is 345 g/mol. The number of benzene rings is 1. The van der Waals surface area contributed by atoms with Crippen LogP contribution in [0.1, 0.15) is 18.1 Å². The van der Waals surface area contributed by atoms with Crippen LogP contribution in [0.4, 0.5) is 0 Å². The first-order valence-electron chi connectivity index (χ1n) is 8.30. The van der Waals surface area contributed by atoms with Crippen molar-refractivity contribution >= 4 is 10.0 Å². The second kappa shape index (κ2) is 7.42. The number of hydrogen-bond acceptors (Lipinski definition) is 4. The van der Waals surface area contributed by atoms with E-state index in [-0.39, 0.29) is 0 Å². The second-order valence-corrected chi connectivity index (χ2v) is 7.97. The van der Waals surface area contributed by atoms with Gasteiger partial charge in [0.25, 0.3) is 0 Å². The summed E-state index contributed by atoms with van der Waals surface area (Å²) in [5.41, 5.74) is 2.35. The van der Waals surface area contributed by atoms with Crippen molar-refractivity contribution in [3.8, 4) is 0 Å². The second-order valence-electron chi connectivity index (χ2n) is 6.03. The van der Waals surface area contributed by atoms with E-state index in [0.29, 0.717) is 18.0 Å². The van der Waals surface area contributed by atoms with Gasteiger partial charge in [-0.1, -0.05) is 19.1 Å². The van der Waals surface area contributed by atoms with Crippen LogP contribution in [-0.4, -0.2) is 48.8 Å². The van der Waals surface area contributed by atoms with Crippen molar-refractivity contribution in [2.75, 3.05) is 26.2 Å². The first kappa shape index (κ1) is 17.1. The number of aromatic nitrogens is 1. The minimum atomic E-state index is -3.39. The third-order valence-corrected chi connectivity index (χ3v) is 6.37. The van der Waals surface area contributed by atoms with Crippen molar-refractivity contribution in [3.63, 3.8) is 0 Å². The first-order chi connectivity index (χ1) is 11.6. The van der Waals surface area contributed by atoms with Gasteiger partial charge in [0.2, 0.25) is 10.0 Å². The zero-order valence-corrected chi connectivity index (χ0v) is 14.7. The highest BCUT2D eigenvalue weighted by Gasteiger charge is 2.28. The monoisotopic (exact) mass is 345 g/mol. The van der Waals surface area contributed by atoms with E-state index >= 15 is 0 Å². The molecule has 1 aliphatic rings. The van der Waals surface area contributed by atoms with E-state index in [2.05, 4.69) is 16.8 Å². The summed E-state index contributed by atoms with van der Waals surface area (Å²) in [6.45, 7) is 5.45. The fourth-order valence-electron chi connectivity index (χ4n) is 2.92. The van der Waals surface area contributed by atoms with Crippen LogP contribution in [0.2, 0.25) is 0 Å². The molecule has 1 saturated heterocycles. The molecule has 1 aliphatic heterocycles. The molecule has 0 saturated carbocycles. The Morgan fingerprint density at radius 1 is 0.917 bits per heavy atom. The predicted octanol–water partition coefficient (Wildman–Crippen LogP) is 2.15. The number of rotatable bonds is 5. The normalized spacial score (nSPS) is 17.0. The zero-order valence-electron chi connectivity index (χ0n) is 13.9. The molecule has 1 fully saturated rings. The number of piperazine rings is 1. The summed E-state index contributed by atoms with van der Waals surface area (Å²) in [4.78, 5) is 6.69. The van der Waals surface area contributed by atoms with Gasteiger partial charge in [0.05, 0.1) is 4.90 Å². The van der Waals surface area contributed by atoms with Crippen LogP contribution >= 0.6 is 0 Å². The van der Waals surface area contributed by atoms with E-state index in [0.717, 1.165) is 31.6 Å². The third-order valence-electron chi connectivity index (χ3n) is 4.46. The molecule has 0 aliphatic carbocycles. The summed E-state index contributed by atoms with van der Waals surface area (Å²) in [5.74, 6) is 0. The Morgan fingerprint density at radius 3 is 2.12 bits per heavy atom. The van der Waals surface area contributed by atoms with Gasteiger partial charge in [-0.2, -0.15) is 4.31 Å². The Balaban J connectivity index is 1.62. The van der Waals surface area contributed by atoms with Crippen molar-refractivity contribution in [1.29, 1.82) is 0 Å². The summed E-state index contributed by atoms with van der Waals surface area (Å²) in [7, 11) is -3.39. The van der Waals surface area contributed by atoms with Gasteiger partial charge in [0.1, 0.15) is 0 Å². The van der Waals surface area contributed by atoms with E-state index in [9.17, 15) is 8.42 Å². The summed E-state index contributed by atoms with van der Waals surface area (Å²) in [6.07, 6.45) is 4.49. The Labute approximate surface area is 144 Å². The van der Waals surface area contributed by atoms with Crippen molar-refractivity contribution in [3.05, 3.63) is 59.9 Å². The molecule has 0 N–H and O–H groups in total. The smallest absolute Gasteiger partial charge is 0.243 e. The first-order valence-corrected chi connectivity index (χ1v) is 9.74. The van der Waals surface area contributed by atoms with Gasteiger partial charge in [-0.3, -0.25) is 9.88 Å². The van der Waals surface area contributed by atoms with Crippen molar-refractivity contribution in [1.82, 2.24) is 14.2 Å². The molecule has 6 heteroatoms. The number of pyridine rings is 1. The standard InChI is InChI=1S/C18H23N3O2S/c1-2-16-3-5-18(6-4-16)24(22,23)21-13-11-20(12-14-21)15-17-7-9-19-10-8-17/h3-10H,2,11-15H2,1H3. The van der Waals surface area contributed by atoms with Crippen LogP contribution in [0.3, 0.4) is 0 Å². The molecule has 24 heavy (non-hydrogen) atoms. The lowest BCUT2D eigenvalue weighted by Gasteiger charge is -2.34. The SMILES string of the molecule is CCc1ccc(S(=O)(=O)N2CCN(Cc3ccncc3)CC2)cc1. The summed E-state index contributed by atoms with van der Waals surface area (Å²) < 4.78 is 27.1. The number of sulfonamides is 1. The average Bonchev–Trinajstić information content (AvgIpc) is 2.63. The highest BCUT2D eigenvalue weighted by atomic mass is 32.2. The molecule has 0 unspecified atom stereocenters. The van der Waals surface area contributed by atoms with Crippen LogP contribution in [0, 0.1) is 0 Å². The molecule has 128 valence electrons. The predicted molar refractivity (Wildman–Crippen MR) is 94.1 cm³/mol. The summed E-state index contributed by atoms with van der Waals surface area (Å²) >= 11 is 0. The molecule has 5 nitrogen and oxygen atoms in total. The molecular formula is C18H23N3O2S. The van der Waals surface area contributed by atoms with Gasteiger partial charge < -0.3 is 0 Å². The largest absolute Gasteiger partial charge is 0.296 e. The molecule has 0 amide bonds. The number of nitrogens with zero attached hydrogens (tertiary/aromatic N) is 3. The highest BCUT2D eigenvalue weighted by molar-refractivity contribution is 7.89. The number of hydrogen-bond donors (Lipinski definition) is 0. The molecule has 0 bridgehead atoms. The molecule has 2 heterocycles. The summed E-state index contributed by atoms with van der Waals surface area (Å²) in [5, 5.41) is 0. The van der Waals surface area contributed by atoms with Gasteiger partial charge in [-0.25, -0.2) is 8.42 Å². The maximum absolute atomic E-state index is 12.8. The highest BCUT2D eigenvalue weighted by Crippen LogP contribution is 2.19. The zero-order chi connectivity index (χ0) is 17.0. The summed E-state index contributed by atoms with van der Waals surface area (Å²) in [6, 6.07) is 11.2. The Bertz CT molecular complexity index is 753. The molecular weight excluding hydrogens is 322 g/mol. The van der Waals surface area contributed by atoms with Crippen LogP contribution in [0.5, 0.6) is 0 Å². The molecule has 0 atom stereocenters. The maximum atomic E-state index is 12.8. The fourth-order valence-corrected chi connectivity index (χ4v) is 4.34. The van der Waals surface area contributed by atoms with E-state index < -0.39 is 10.0 Å². The number of aryl methyl sites for hydroxylation is 1. The molecule has 1 aromatic heterocycles. The van der Waals surface area contributed by atoms with E-state index in [1.165, 1.54) is 5.56 Å². The third kappa shape index (κ3) is 3.83. The minimum Gasteiger partial charge on any atom is -0.296 e. The van der Waals surface area contributed by atoms with Crippen LogP contribution in [0.25, 0.3) is 0 Å². The van der Waals surface area contributed by atoms with Gasteiger partial charge in [-0.05, 0) is 41.8 Å². The Hall–Kier alpha value is -1.76. The molecule has 2 aromatic rings. The van der Waals surface area contributed by atoms with Gasteiger partial charge in [0.15, 0.2) is 0 Å². The quantitative estimate of drug-likeness (QED) is 0.833. The lowest BCUT2D eigenvalue weighted by atomic mass is 10.2. The molecule has 3 rings (SSSR count). The molecule has 0 radical (unpaired) electrons. The topological polar surface area (TPSA) is 53.5 Å². The van der Waals surface area contributed by atoms with Gasteiger partial charge >= 0.3 is 0 Å². The minimum absolute atomic E-state index is 0.391. The van der Waals surface area contributed by atoms with Crippen molar-refractivity contribution in [2.45, 2.75) is 24.8 Å². The molecule has 0 spiro atoms. The lowest BCUT2D eigenvalue weighted by Crippen LogP contribution is -2.48. The van der Waals surface area contributed by atoms with Crippen LogP contribution in [-0.2, 0) is 23.0 Å². The van der Waals surface area contributed by atoms with Crippen LogP contribution in [0.15, 0.2) is 53.7 Å². The maximum Gasteiger partial charge on any atom is 0.243 e. The lowest BCUT2D eigenvalue weighted by molar-refractivity contribution is 0.181. The van der Waals surface area contributed by atoms with Crippen molar-refractivity contribution < 1.29 is 8.42 Å². The van der Waals surface area contributed by atoms with E-state index in [4.69, 9.17) is 0 Å². The Kier molecular flexibility index (Phi) is 5.28. The van der Waals surface area contributed by atoms with E-state index in [1.54, 1.807) is 28.8 Å². The van der Waals surface area contributed by atoms with Gasteiger partial charge in [0, 0.05) is 45.1 Å². The van der Waals surface area contributed by atoms with E-state index in [1.807, 2.05) is 24.3 Å². The van der Waals surface area contributed by atoms with Crippen molar-refractivity contribution in [2.24, 2.45) is 0 Å². The van der Waals surface area contributed by atoms with Gasteiger partial charge in [-0.15, -0.1) is 0 Å². The van der Waals surface area contributed by atoms with Crippen LogP contribution < -0.4 is 0 Å².